The van der Waals surface area contributed by atoms with Gasteiger partial charge in [-0.3, -0.25) is 9.59 Å². The number of aromatic nitrogens is 3. The number of amides is 2. The van der Waals surface area contributed by atoms with Crippen molar-refractivity contribution in [2.24, 2.45) is 0 Å². The summed E-state index contributed by atoms with van der Waals surface area (Å²) in [5.74, 6) is -2.55. The number of hydrogen-bond acceptors (Lipinski definition) is 4. The van der Waals surface area contributed by atoms with E-state index in [0.29, 0.717) is 11.4 Å². The number of carbonyl (C=O) groups excluding carboxylic acids is 2. The van der Waals surface area contributed by atoms with Crippen LogP contribution in [0.15, 0.2) is 122 Å². The van der Waals surface area contributed by atoms with Gasteiger partial charge >= 0.3 is 0 Å². The number of fused-ring (bicyclic) bond motifs is 1. The van der Waals surface area contributed by atoms with E-state index < -0.39 is 23.4 Å². The van der Waals surface area contributed by atoms with Crippen LogP contribution in [0.25, 0.3) is 28.2 Å². The molecule has 4 aromatic carbocycles. The van der Waals surface area contributed by atoms with Crippen molar-refractivity contribution < 1.29 is 18.4 Å². The smallest absolute Gasteiger partial charge is 0.266 e. The van der Waals surface area contributed by atoms with Crippen molar-refractivity contribution >= 4 is 23.3 Å². The Balaban J connectivity index is 1.61. The van der Waals surface area contributed by atoms with Gasteiger partial charge < -0.3 is 4.40 Å². The van der Waals surface area contributed by atoms with Gasteiger partial charge in [0, 0.05) is 34.6 Å². The molecule has 40 heavy (non-hydrogen) atoms. The van der Waals surface area contributed by atoms with Crippen LogP contribution < -0.4 is 4.90 Å². The molecular formula is C32H20F2N4O2. The second kappa shape index (κ2) is 10.3. The molecule has 0 N–H and O–H groups in total. The molecule has 0 saturated heterocycles. The van der Waals surface area contributed by atoms with Crippen molar-refractivity contribution in [1.29, 1.82) is 0 Å². The highest BCUT2D eigenvalue weighted by Gasteiger charge is 2.31. The Kier molecular flexibility index (Phi) is 6.41. The van der Waals surface area contributed by atoms with Crippen molar-refractivity contribution in [1.82, 2.24) is 14.4 Å². The van der Waals surface area contributed by atoms with Crippen LogP contribution in [0.5, 0.6) is 0 Å². The zero-order valence-electron chi connectivity index (χ0n) is 20.9. The van der Waals surface area contributed by atoms with E-state index in [-0.39, 0.29) is 22.6 Å². The molecule has 2 amide bonds. The third-order valence-corrected chi connectivity index (χ3v) is 6.36. The topological polar surface area (TPSA) is 67.6 Å². The SMILES string of the molecule is O=C(c1ccc(F)cc1)N(C(=O)c1ccc(F)cc1)c1nc(-c2ccccc2)cn2cc(-c3ccccc3)nc12. The molecule has 0 bridgehead atoms. The number of anilines is 1. The highest BCUT2D eigenvalue weighted by Crippen LogP contribution is 2.30. The average molecular weight is 531 g/mol. The number of benzene rings is 4. The molecule has 0 aliphatic heterocycles. The highest BCUT2D eigenvalue weighted by atomic mass is 19.1. The fraction of sp³-hybridized carbons (Fsp3) is 0. The van der Waals surface area contributed by atoms with Crippen LogP contribution in [-0.2, 0) is 0 Å². The van der Waals surface area contributed by atoms with E-state index in [2.05, 4.69) is 0 Å². The molecule has 2 heterocycles. The minimum Gasteiger partial charge on any atom is -0.301 e. The molecule has 6 aromatic rings. The predicted octanol–water partition coefficient (Wildman–Crippen LogP) is 6.83. The summed E-state index contributed by atoms with van der Waals surface area (Å²) >= 11 is 0. The highest BCUT2D eigenvalue weighted by molar-refractivity contribution is 6.26. The second-order valence-corrected chi connectivity index (χ2v) is 9.00. The van der Waals surface area contributed by atoms with E-state index in [1.54, 1.807) is 16.8 Å². The maximum atomic E-state index is 13.9. The van der Waals surface area contributed by atoms with Crippen molar-refractivity contribution in [3.05, 3.63) is 144 Å². The number of carbonyl (C=O) groups is 2. The first-order chi connectivity index (χ1) is 19.5. The van der Waals surface area contributed by atoms with Crippen molar-refractivity contribution in [3.8, 4) is 22.5 Å². The van der Waals surface area contributed by atoms with Crippen LogP contribution in [0.2, 0.25) is 0 Å². The number of rotatable bonds is 5. The van der Waals surface area contributed by atoms with Crippen molar-refractivity contribution in [3.63, 3.8) is 0 Å². The summed E-state index contributed by atoms with van der Waals surface area (Å²) in [5.41, 5.74) is 3.07. The van der Waals surface area contributed by atoms with Crippen LogP contribution in [0.1, 0.15) is 20.7 Å². The Labute approximate surface area is 227 Å². The van der Waals surface area contributed by atoms with E-state index in [0.717, 1.165) is 40.3 Å². The minimum absolute atomic E-state index is 0.0211. The minimum atomic E-state index is -0.738. The van der Waals surface area contributed by atoms with Gasteiger partial charge in [0.25, 0.3) is 11.8 Å². The molecule has 0 spiro atoms. The third kappa shape index (κ3) is 4.74. The Hall–Kier alpha value is -5.50. The number of imidazole rings is 1. The maximum absolute atomic E-state index is 13.9. The Morgan fingerprint density at radius 1 is 0.575 bits per heavy atom. The van der Waals surface area contributed by atoms with Gasteiger partial charge in [-0.25, -0.2) is 23.6 Å². The predicted molar refractivity (Wildman–Crippen MR) is 148 cm³/mol. The van der Waals surface area contributed by atoms with Gasteiger partial charge in [-0.1, -0.05) is 60.7 Å². The number of nitrogens with zero attached hydrogens (tertiary/aromatic N) is 4. The van der Waals surface area contributed by atoms with Crippen LogP contribution in [0, 0.1) is 11.6 Å². The molecule has 0 saturated carbocycles. The first kappa shape index (κ1) is 24.8. The number of imide groups is 1. The summed E-state index contributed by atoms with van der Waals surface area (Å²) in [6.07, 6.45) is 3.57. The van der Waals surface area contributed by atoms with Gasteiger partial charge in [0.1, 0.15) is 11.6 Å². The lowest BCUT2D eigenvalue weighted by Crippen LogP contribution is -2.38. The van der Waals surface area contributed by atoms with E-state index in [1.807, 2.05) is 60.7 Å². The van der Waals surface area contributed by atoms with E-state index in [9.17, 15) is 18.4 Å². The monoisotopic (exact) mass is 530 g/mol. The summed E-state index contributed by atoms with van der Waals surface area (Å²) in [4.78, 5) is 38.3. The van der Waals surface area contributed by atoms with E-state index in [1.165, 1.54) is 24.3 Å². The Bertz CT molecular complexity index is 1780. The van der Waals surface area contributed by atoms with Gasteiger partial charge in [-0.15, -0.1) is 0 Å². The Morgan fingerprint density at radius 3 is 1.45 bits per heavy atom. The summed E-state index contributed by atoms with van der Waals surface area (Å²) in [5, 5.41) is 0. The molecule has 0 aliphatic carbocycles. The molecule has 8 heteroatoms. The molecule has 194 valence electrons. The summed E-state index contributed by atoms with van der Waals surface area (Å²) < 4.78 is 29.1. The van der Waals surface area contributed by atoms with Gasteiger partial charge in [-0.05, 0) is 48.5 Å². The molecule has 6 nitrogen and oxygen atoms in total. The largest absolute Gasteiger partial charge is 0.301 e. The number of halogens is 2. The van der Waals surface area contributed by atoms with Crippen LogP contribution in [-0.4, -0.2) is 26.2 Å². The average Bonchev–Trinajstić information content (AvgIpc) is 3.43. The van der Waals surface area contributed by atoms with E-state index >= 15 is 0 Å². The van der Waals surface area contributed by atoms with Crippen LogP contribution in [0.4, 0.5) is 14.6 Å². The molecule has 0 unspecified atom stereocenters. The van der Waals surface area contributed by atoms with Gasteiger partial charge in [0.2, 0.25) is 0 Å². The van der Waals surface area contributed by atoms with Gasteiger partial charge in [-0.2, -0.15) is 0 Å². The lowest BCUT2D eigenvalue weighted by molar-refractivity contribution is 0.0896. The first-order valence-corrected chi connectivity index (χ1v) is 12.4. The van der Waals surface area contributed by atoms with Crippen LogP contribution in [0.3, 0.4) is 0 Å². The van der Waals surface area contributed by atoms with Gasteiger partial charge in [0.05, 0.1) is 11.4 Å². The van der Waals surface area contributed by atoms with Crippen molar-refractivity contribution in [2.45, 2.75) is 0 Å². The van der Waals surface area contributed by atoms with Crippen molar-refractivity contribution in [2.75, 3.05) is 4.90 Å². The van der Waals surface area contributed by atoms with Gasteiger partial charge in [0.15, 0.2) is 11.5 Å². The summed E-state index contributed by atoms with van der Waals surface area (Å²) in [6.45, 7) is 0. The molecule has 0 fully saturated rings. The Morgan fingerprint density at radius 2 is 1.00 bits per heavy atom. The lowest BCUT2D eigenvalue weighted by atomic mass is 10.1. The quantitative estimate of drug-likeness (QED) is 0.229. The van der Waals surface area contributed by atoms with E-state index in [4.69, 9.17) is 9.97 Å². The fourth-order valence-electron chi connectivity index (χ4n) is 4.36. The molecule has 6 rings (SSSR count). The first-order valence-electron chi connectivity index (χ1n) is 12.4. The zero-order valence-corrected chi connectivity index (χ0v) is 20.9. The lowest BCUT2D eigenvalue weighted by Gasteiger charge is -2.21. The molecule has 2 aromatic heterocycles. The fourth-order valence-corrected chi connectivity index (χ4v) is 4.36. The van der Waals surface area contributed by atoms with Crippen LogP contribution >= 0.6 is 0 Å². The molecular weight excluding hydrogens is 510 g/mol. The maximum Gasteiger partial charge on any atom is 0.266 e. The third-order valence-electron chi connectivity index (χ3n) is 6.36. The summed E-state index contributed by atoms with van der Waals surface area (Å²) in [7, 11) is 0. The zero-order chi connectivity index (χ0) is 27.6. The summed E-state index contributed by atoms with van der Waals surface area (Å²) in [6, 6.07) is 28.5. The molecule has 0 radical (unpaired) electrons. The molecule has 0 atom stereocenters. The number of hydrogen-bond donors (Lipinski definition) is 0. The normalized spacial score (nSPS) is 10.9. The molecule has 0 aliphatic rings. The second-order valence-electron chi connectivity index (χ2n) is 9.00. The standard InChI is InChI=1S/C32H20F2N4O2/c33-25-15-11-23(12-16-25)31(39)38(32(40)24-13-17-26(34)18-14-24)30-29-35-27(21-7-3-1-4-8-21)19-37(29)20-28(36-30)22-9-5-2-6-10-22/h1-20H.